The van der Waals surface area contributed by atoms with Crippen molar-refractivity contribution < 1.29 is 22.3 Å². The molecule has 0 heterocycles. The second-order valence-electron chi connectivity index (χ2n) is 6.02. The quantitative estimate of drug-likeness (QED) is 0.624. The van der Waals surface area contributed by atoms with Crippen molar-refractivity contribution in [3.8, 4) is 11.5 Å². The highest BCUT2D eigenvalue weighted by Gasteiger charge is 2.34. The van der Waals surface area contributed by atoms with E-state index in [0.29, 0.717) is 11.8 Å². The summed E-state index contributed by atoms with van der Waals surface area (Å²) in [6.45, 7) is 6.19. The van der Waals surface area contributed by atoms with Gasteiger partial charge in [-0.3, -0.25) is 0 Å². The lowest BCUT2D eigenvalue weighted by molar-refractivity contribution is -0.140. The second-order valence-corrected chi connectivity index (χ2v) is 6.02. The molecule has 118 valence electrons. The lowest BCUT2D eigenvalue weighted by Crippen LogP contribution is -2.10. The Balaban J connectivity index is 2.19. The van der Waals surface area contributed by atoms with Gasteiger partial charge in [0.25, 0.3) is 0 Å². The summed E-state index contributed by atoms with van der Waals surface area (Å²) in [5.74, 6) is -0.891. The molecule has 0 aliphatic rings. The summed E-state index contributed by atoms with van der Waals surface area (Å²) in [5.41, 5.74) is -0.222. The minimum absolute atomic E-state index is 0.0149. The minimum atomic E-state index is -4.71. The molecule has 0 bridgehead atoms. The number of halogens is 4. The maximum atomic E-state index is 13.5. The normalized spacial score (nSPS) is 12.3. The summed E-state index contributed by atoms with van der Waals surface area (Å²) in [6.07, 6.45) is -4.71. The number of benzene rings is 2. The maximum absolute atomic E-state index is 13.5. The molecule has 0 amide bonds. The molecule has 5 heteroatoms. The van der Waals surface area contributed by atoms with E-state index >= 15 is 0 Å². The Morgan fingerprint density at radius 1 is 0.818 bits per heavy atom. The van der Waals surface area contributed by atoms with Crippen LogP contribution in [0.4, 0.5) is 17.6 Å². The van der Waals surface area contributed by atoms with Crippen molar-refractivity contribution in [2.75, 3.05) is 0 Å². The Labute approximate surface area is 126 Å². The van der Waals surface area contributed by atoms with E-state index < -0.39 is 17.6 Å². The van der Waals surface area contributed by atoms with E-state index in [1.54, 1.807) is 12.1 Å². The first kappa shape index (κ1) is 16.3. The monoisotopic (exact) mass is 312 g/mol. The molecule has 2 rings (SSSR count). The van der Waals surface area contributed by atoms with Gasteiger partial charge < -0.3 is 4.74 Å². The predicted octanol–water partition coefficient (Wildman–Crippen LogP) is 5.93. The molecule has 22 heavy (non-hydrogen) atoms. The fourth-order valence-electron chi connectivity index (χ4n) is 1.95. The van der Waals surface area contributed by atoms with Gasteiger partial charge in [-0.25, -0.2) is 4.39 Å². The predicted molar refractivity (Wildman–Crippen MR) is 76.6 cm³/mol. The van der Waals surface area contributed by atoms with Crippen molar-refractivity contribution in [2.45, 2.75) is 32.4 Å². The van der Waals surface area contributed by atoms with Gasteiger partial charge in [0, 0.05) is 6.07 Å². The highest BCUT2D eigenvalue weighted by atomic mass is 19.4. The lowest BCUT2D eigenvalue weighted by atomic mass is 9.87. The molecule has 0 radical (unpaired) electrons. The van der Waals surface area contributed by atoms with Crippen LogP contribution in [0.3, 0.4) is 0 Å². The van der Waals surface area contributed by atoms with Crippen LogP contribution in [0, 0.1) is 5.82 Å². The third-order valence-electron chi connectivity index (χ3n) is 3.20. The van der Waals surface area contributed by atoms with Crippen LogP contribution in [-0.2, 0) is 11.6 Å². The average molecular weight is 312 g/mol. The Hall–Kier alpha value is -2.04. The molecule has 2 aromatic carbocycles. The van der Waals surface area contributed by atoms with E-state index in [4.69, 9.17) is 4.74 Å². The van der Waals surface area contributed by atoms with Crippen molar-refractivity contribution in [1.82, 2.24) is 0 Å². The summed E-state index contributed by atoms with van der Waals surface area (Å²) >= 11 is 0. The molecule has 0 aromatic heterocycles. The Morgan fingerprint density at radius 3 is 1.82 bits per heavy atom. The molecular weight excluding hydrogens is 296 g/mol. The van der Waals surface area contributed by atoms with Crippen molar-refractivity contribution >= 4 is 0 Å². The zero-order chi connectivity index (χ0) is 16.5. The van der Waals surface area contributed by atoms with E-state index in [2.05, 4.69) is 20.8 Å². The van der Waals surface area contributed by atoms with Gasteiger partial charge in [-0.1, -0.05) is 32.9 Å². The summed E-state index contributed by atoms with van der Waals surface area (Å²) < 4.78 is 56.3. The third kappa shape index (κ3) is 3.78. The van der Waals surface area contributed by atoms with E-state index in [9.17, 15) is 17.6 Å². The van der Waals surface area contributed by atoms with Crippen molar-refractivity contribution in [1.29, 1.82) is 0 Å². The minimum Gasteiger partial charge on any atom is -0.457 e. The summed E-state index contributed by atoms with van der Waals surface area (Å²) in [6, 6.07) is 9.66. The second kappa shape index (κ2) is 5.63. The molecule has 0 saturated carbocycles. The van der Waals surface area contributed by atoms with E-state index in [1.165, 1.54) is 0 Å². The number of rotatable bonds is 2. The zero-order valence-electron chi connectivity index (χ0n) is 12.5. The summed E-state index contributed by atoms with van der Waals surface area (Å²) in [5, 5.41) is 0. The van der Waals surface area contributed by atoms with E-state index in [-0.39, 0.29) is 11.2 Å². The lowest BCUT2D eigenvalue weighted by Gasteiger charge is -2.19. The van der Waals surface area contributed by atoms with Gasteiger partial charge >= 0.3 is 6.18 Å². The number of hydrogen-bond acceptors (Lipinski definition) is 1. The third-order valence-corrected chi connectivity index (χ3v) is 3.20. The van der Waals surface area contributed by atoms with Gasteiger partial charge in [0.2, 0.25) is 0 Å². The first-order chi connectivity index (χ1) is 10.1. The van der Waals surface area contributed by atoms with Crippen LogP contribution in [0.15, 0.2) is 42.5 Å². The molecule has 0 saturated heterocycles. The fraction of sp³-hybridized carbons (Fsp3) is 0.294. The molecule has 0 unspecified atom stereocenters. The van der Waals surface area contributed by atoms with Crippen LogP contribution in [-0.4, -0.2) is 0 Å². The molecule has 0 aliphatic carbocycles. The van der Waals surface area contributed by atoms with Crippen molar-refractivity contribution in [2.24, 2.45) is 0 Å². The van der Waals surface area contributed by atoms with E-state index in [0.717, 1.165) is 17.7 Å². The molecule has 0 fully saturated rings. The molecule has 2 aromatic rings. The van der Waals surface area contributed by atoms with Crippen LogP contribution in [0.1, 0.15) is 31.9 Å². The van der Waals surface area contributed by atoms with Crippen LogP contribution >= 0.6 is 0 Å². The molecule has 0 spiro atoms. The van der Waals surface area contributed by atoms with Gasteiger partial charge in [0.05, 0.1) is 5.56 Å². The standard InChI is InChI=1S/C17H16F4O/c1-16(2,3)11-4-6-12(7-5-11)22-13-8-9-14(15(18)10-13)17(19,20)21/h4-10H,1-3H3. The topological polar surface area (TPSA) is 9.23 Å². The Kier molecular flexibility index (Phi) is 4.18. The van der Waals surface area contributed by atoms with Crippen molar-refractivity contribution in [3.63, 3.8) is 0 Å². The van der Waals surface area contributed by atoms with E-state index in [1.807, 2.05) is 12.1 Å². The fourth-order valence-corrected chi connectivity index (χ4v) is 1.95. The SMILES string of the molecule is CC(C)(C)c1ccc(Oc2ccc(C(F)(F)F)c(F)c2)cc1. The molecule has 0 N–H and O–H groups in total. The summed E-state index contributed by atoms with van der Waals surface area (Å²) in [7, 11) is 0. The Morgan fingerprint density at radius 2 is 1.36 bits per heavy atom. The maximum Gasteiger partial charge on any atom is 0.419 e. The summed E-state index contributed by atoms with van der Waals surface area (Å²) in [4.78, 5) is 0. The molecular formula is C17H16F4O. The number of hydrogen-bond donors (Lipinski definition) is 0. The van der Waals surface area contributed by atoms with Crippen molar-refractivity contribution in [3.05, 3.63) is 59.4 Å². The largest absolute Gasteiger partial charge is 0.457 e. The first-order valence-electron chi connectivity index (χ1n) is 6.72. The van der Waals surface area contributed by atoms with Gasteiger partial charge in [0.1, 0.15) is 17.3 Å². The molecule has 1 nitrogen and oxygen atoms in total. The Bertz CT molecular complexity index is 652. The van der Waals surface area contributed by atoms with Crippen LogP contribution < -0.4 is 4.74 Å². The highest BCUT2D eigenvalue weighted by molar-refractivity contribution is 5.37. The zero-order valence-corrected chi connectivity index (χ0v) is 12.5. The van der Waals surface area contributed by atoms with Crippen LogP contribution in [0.2, 0.25) is 0 Å². The van der Waals surface area contributed by atoms with Gasteiger partial charge in [-0.05, 0) is 35.2 Å². The van der Waals surface area contributed by atoms with Crippen LogP contribution in [0.5, 0.6) is 11.5 Å². The van der Waals surface area contributed by atoms with Gasteiger partial charge in [-0.2, -0.15) is 13.2 Å². The molecule has 0 atom stereocenters. The van der Waals surface area contributed by atoms with Crippen LogP contribution in [0.25, 0.3) is 0 Å². The van der Waals surface area contributed by atoms with Gasteiger partial charge in [-0.15, -0.1) is 0 Å². The average Bonchev–Trinajstić information content (AvgIpc) is 2.36. The number of ether oxygens (including phenoxy) is 1. The smallest absolute Gasteiger partial charge is 0.419 e. The van der Waals surface area contributed by atoms with Gasteiger partial charge in [0.15, 0.2) is 0 Å². The highest BCUT2D eigenvalue weighted by Crippen LogP contribution is 2.34. The first-order valence-corrected chi connectivity index (χ1v) is 6.72. The molecule has 0 aliphatic heterocycles. The number of alkyl halides is 3.